The normalized spacial score (nSPS) is 12.8. The van der Waals surface area contributed by atoms with E-state index < -0.39 is 5.97 Å². The Labute approximate surface area is 103 Å². The van der Waals surface area contributed by atoms with Crippen molar-refractivity contribution in [2.45, 2.75) is 6.42 Å². The van der Waals surface area contributed by atoms with Crippen molar-refractivity contribution >= 4 is 23.5 Å². The fourth-order valence-electron chi connectivity index (χ4n) is 1.86. The molecule has 1 aromatic carbocycles. The second-order valence-corrected chi connectivity index (χ2v) is 4.15. The molecule has 6 nitrogen and oxygen atoms in total. The summed E-state index contributed by atoms with van der Waals surface area (Å²) in [7, 11) is 1.42. The maximum absolute atomic E-state index is 11.9. The van der Waals surface area contributed by atoms with Crippen LogP contribution in [0.2, 0.25) is 0 Å². The van der Waals surface area contributed by atoms with Gasteiger partial charge < -0.3 is 15.3 Å². The number of nitrogens with zero attached hydrogens (tertiary/aromatic N) is 1. The second-order valence-electron chi connectivity index (χ2n) is 4.15. The van der Waals surface area contributed by atoms with Crippen molar-refractivity contribution in [1.29, 1.82) is 0 Å². The summed E-state index contributed by atoms with van der Waals surface area (Å²) in [4.78, 5) is 34.7. The van der Waals surface area contributed by atoms with Crippen LogP contribution < -0.4 is 5.32 Å². The van der Waals surface area contributed by atoms with E-state index in [1.54, 1.807) is 18.2 Å². The number of carboxylic acids is 1. The van der Waals surface area contributed by atoms with Gasteiger partial charge >= 0.3 is 5.97 Å². The molecule has 6 heteroatoms. The van der Waals surface area contributed by atoms with E-state index in [-0.39, 0.29) is 24.8 Å². The monoisotopic (exact) mass is 248 g/mol. The lowest BCUT2D eigenvalue weighted by Crippen LogP contribution is -2.31. The predicted octanol–water partition coefficient (Wildman–Crippen LogP) is 0.338. The first-order valence-electron chi connectivity index (χ1n) is 5.37. The highest BCUT2D eigenvalue weighted by molar-refractivity contribution is 6.02. The third-order valence-electron chi connectivity index (χ3n) is 2.70. The Kier molecular flexibility index (Phi) is 3.01. The number of nitrogens with one attached hydrogen (secondary N) is 1. The lowest BCUT2D eigenvalue weighted by molar-refractivity contribution is -0.137. The number of benzene rings is 1. The Morgan fingerprint density at radius 3 is 2.83 bits per heavy atom. The van der Waals surface area contributed by atoms with Gasteiger partial charge in [0.2, 0.25) is 5.91 Å². The third-order valence-corrected chi connectivity index (χ3v) is 2.70. The van der Waals surface area contributed by atoms with Crippen LogP contribution in [0.1, 0.15) is 15.9 Å². The molecule has 1 aromatic rings. The van der Waals surface area contributed by atoms with Crippen LogP contribution in [0.25, 0.3) is 0 Å². The molecule has 0 bridgehead atoms. The molecule has 1 heterocycles. The fourth-order valence-corrected chi connectivity index (χ4v) is 1.86. The van der Waals surface area contributed by atoms with Gasteiger partial charge in [-0.05, 0) is 23.8 Å². The van der Waals surface area contributed by atoms with Crippen LogP contribution in [-0.2, 0) is 16.0 Å². The molecular weight excluding hydrogens is 236 g/mol. The molecule has 2 N–H and O–H groups in total. The zero-order chi connectivity index (χ0) is 13.3. The third kappa shape index (κ3) is 2.32. The average Bonchev–Trinajstić information content (AvgIpc) is 2.65. The maximum atomic E-state index is 11.9. The number of carbonyl (C=O) groups is 3. The molecule has 1 aliphatic heterocycles. The minimum absolute atomic E-state index is 0.103. The highest BCUT2D eigenvalue weighted by Gasteiger charge is 2.20. The Balaban J connectivity index is 2.20. The van der Waals surface area contributed by atoms with E-state index in [0.29, 0.717) is 11.3 Å². The molecule has 1 aliphatic rings. The number of amides is 2. The van der Waals surface area contributed by atoms with Crippen molar-refractivity contribution in [3.8, 4) is 0 Å². The zero-order valence-electron chi connectivity index (χ0n) is 9.77. The van der Waals surface area contributed by atoms with Gasteiger partial charge in [0.1, 0.15) is 6.54 Å². The van der Waals surface area contributed by atoms with Crippen LogP contribution in [0.15, 0.2) is 18.2 Å². The molecule has 0 spiro atoms. The van der Waals surface area contributed by atoms with Gasteiger partial charge in [-0.1, -0.05) is 0 Å². The second kappa shape index (κ2) is 4.48. The van der Waals surface area contributed by atoms with Crippen LogP contribution in [0.5, 0.6) is 0 Å². The van der Waals surface area contributed by atoms with E-state index in [4.69, 9.17) is 5.11 Å². The standard InChI is InChI=1S/C12H12N2O4/c1-14(6-11(16)17)12(18)7-2-3-9-8(4-7)5-10(15)13-9/h2-4H,5-6H2,1H3,(H,13,15)(H,16,17). The number of aliphatic carboxylic acids is 1. The van der Waals surface area contributed by atoms with Crippen LogP contribution >= 0.6 is 0 Å². The van der Waals surface area contributed by atoms with Gasteiger partial charge in [-0.15, -0.1) is 0 Å². The SMILES string of the molecule is CN(CC(=O)O)C(=O)c1ccc2c(c1)CC(=O)N2. The summed E-state index contributed by atoms with van der Waals surface area (Å²) >= 11 is 0. The van der Waals surface area contributed by atoms with Crippen molar-refractivity contribution < 1.29 is 19.5 Å². The van der Waals surface area contributed by atoms with Gasteiger partial charge in [-0.25, -0.2) is 0 Å². The highest BCUT2D eigenvalue weighted by Crippen LogP contribution is 2.24. The van der Waals surface area contributed by atoms with E-state index in [9.17, 15) is 14.4 Å². The number of anilines is 1. The first-order valence-corrected chi connectivity index (χ1v) is 5.37. The Morgan fingerprint density at radius 1 is 1.44 bits per heavy atom. The zero-order valence-corrected chi connectivity index (χ0v) is 9.77. The predicted molar refractivity (Wildman–Crippen MR) is 63.4 cm³/mol. The first-order chi connectivity index (χ1) is 8.47. The number of carboxylic acid groups (broad SMARTS) is 1. The molecular formula is C12H12N2O4. The maximum Gasteiger partial charge on any atom is 0.323 e. The van der Waals surface area contributed by atoms with E-state index in [1.807, 2.05) is 0 Å². The lowest BCUT2D eigenvalue weighted by atomic mass is 10.1. The van der Waals surface area contributed by atoms with Gasteiger partial charge in [-0.3, -0.25) is 14.4 Å². The van der Waals surface area contributed by atoms with Gasteiger partial charge in [-0.2, -0.15) is 0 Å². The van der Waals surface area contributed by atoms with Crippen molar-refractivity contribution in [3.63, 3.8) is 0 Å². The van der Waals surface area contributed by atoms with E-state index in [0.717, 1.165) is 10.5 Å². The van der Waals surface area contributed by atoms with Crippen LogP contribution in [0.4, 0.5) is 5.69 Å². The number of rotatable bonds is 3. The summed E-state index contributed by atoms with van der Waals surface area (Å²) in [6.45, 7) is -0.354. The average molecular weight is 248 g/mol. The van der Waals surface area contributed by atoms with Crippen LogP contribution in [0, 0.1) is 0 Å². The molecule has 18 heavy (non-hydrogen) atoms. The van der Waals surface area contributed by atoms with Gasteiger partial charge in [0.05, 0.1) is 6.42 Å². The number of carbonyl (C=O) groups excluding carboxylic acids is 2. The molecule has 0 unspecified atom stereocenters. The van der Waals surface area contributed by atoms with Crippen molar-refractivity contribution in [3.05, 3.63) is 29.3 Å². The molecule has 0 aliphatic carbocycles. The number of likely N-dealkylation sites (N-methyl/N-ethyl adjacent to an activating group) is 1. The van der Waals surface area contributed by atoms with Crippen molar-refractivity contribution in [2.24, 2.45) is 0 Å². The van der Waals surface area contributed by atoms with E-state index in [1.165, 1.54) is 7.05 Å². The van der Waals surface area contributed by atoms with Crippen molar-refractivity contribution in [1.82, 2.24) is 4.90 Å². The smallest absolute Gasteiger partial charge is 0.323 e. The Morgan fingerprint density at radius 2 is 2.17 bits per heavy atom. The van der Waals surface area contributed by atoms with Crippen LogP contribution in [-0.4, -0.2) is 41.4 Å². The van der Waals surface area contributed by atoms with Crippen LogP contribution in [0.3, 0.4) is 0 Å². The molecule has 2 amide bonds. The molecule has 0 saturated carbocycles. The summed E-state index contributed by atoms with van der Waals surface area (Å²) < 4.78 is 0. The molecule has 0 fully saturated rings. The van der Waals surface area contributed by atoms with Gasteiger partial charge in [0, 0.05) is 18.3 Å². The molecule has 0 radical (unpaired) electrons. The minimum atomic E-state index is -1.07. The number of hydrogen-bond donors (Lipinski definition) is 2. The molecule has 94 valence electrons. The minimum Gasteiger partial charge on any atom is -0.480 e. The molecule has 0 aromatic heterocycles. The Bertz CT molecular complexity index is 539. The molecule has 0 atom stereocenters. The van der Waals surface area contributed by atoms with Crippen molar-refractivity contribution in [2.75, 3.05) is 18.9 Å². The Hall–Kier alpha value is -2.37. The summed E-state index contributed by atoms with van der Waals surface area (Å²) in [5.74, 6) is -1.54. The number of fused-ring (bicyclic) bond motifs is 1. The summed E-state index contributed by atoms with van der Waals surface area (Å²) in [6.07, 6.45) is 0.249. The van der Waals surface area contributed by atoms with E-state index in [2.05, 4.69) is 5.32 Å². The number of hydrogen-bond acceptors (Lipinski definition) is 3. The quantitative estimate of drug-likeness (QED) is 0.807. The highest BCUT2D eigenvalue weighted by atomic mass is 16.4. The summed E-state index contributed by atoms with van der Waals surface area (Å²) in [5, 5.41) is 11.3. The summed E-state index contributed by atoms with van der Waals surface area (Å²) in [6, 6.07) is 4.85. The van der Waals surface area contributed by atoms with E-state index >= 15 is 0 Å². The molecule has 2 rings (SSSR count). The lowest BCUT2D eigenvalue weighted by Gasteiger charge is -2.14. The summed E-state index contributed by atoms with van der Waals surface area (Å²) in [5.41, 5.74) is 1.85. The molecule has 0 saturated heterocycles. The first kappa shape index (κ1) is 12.1. The topological polar surface area (TPSA) is 86.7 Å². The largest absolute Gasteiger partial charge is 0.480 e. The fraction of sp³-hybridized carbons (Fsp3) is 0.250. The van der Waals surface area contributed by atoms with Gasteiger partial charge in [0.25, 0.3) is 5.91 Å². The van der Waals surface area contributed by atoms with Gasteiger partial charge in [0.15, 0.2) is 0 Å².